The van der Waals surface area contributed by atoms with Crippen molar-refractivity contribution in [2.75, 3.05) is 13.6 Å². The Hall–Kier alpha value is -1.30. The molecule has 5 nitrogen and oxygen atoms in total. The molecule has 0 radical (unpaired) electrons. The lowest BCUT2D eigenvalue weighted by Crippen LogP contribution is -2.36. The smallest absolute Gasteiger partial charge is 0.308 e. The Bertz CT molecular complexity index is 501. The number of rotatable bonds is 5. The van der Waals surface area contributed by atoms with Crippen LogP contribution in [0.15, 0.2) is 18.2 Å². The molecule has 0 saturated carbocycles. The zero-order chi connectivity index (χ0) is 15.4. The Morgan fingerprint density at radius 2 is 1.75 bits per heavy atom. The molecule has 1 aromatic carbocycles. The van der Waals surface area contributed by atoms with Crippen LogP contribution in [0.2, 0.25) is 10.0 Å². The number of benzene rings is 1. The second-order valence-corrected chi connectivity index (χ2v) is 5.44. The fourth-order valence-corrected chi connectivity index (χ4v) is 2.21. The minimum absolute atomic E-state index is 0.000472. The molecule has 20 heavy (non-hydrogen) atoms. The van der Waals surface area contributed by atoms with E-state index in [1.54, 1.807) is 0 Å². The number of amides is 1. The van der Waals surface area contributed by atoms with Crippen molar-refractivity contribution in [1.82, 2.24) is 4.90 Å². The highest BCUT2D eigenvalue weighted by Crippen LogP contribution is 2.24. The van der Waals surface area contributed by atoms with Crippen molar-refractivity contribution in [3.63, 3.8) is 0 Å². The van der Waals surface area contributed by atoms with E-state index in [9.17, 15) is 14.7 Å². The highest BCUT2D eigenvalue weighted by atomic mass is 35.5. The van der Waals surface area contributed by atoms with E-state index in [0.29, 0.717) is 10.0 Å². The first-order chi connectivity index (χ1) is 9.22. The monoisotopic (exact) mass is 319 g/mol. The molecule has 0 heterocycles. The fourth-order valence-electron chi connectivity index (χ4n) is 1.66. The van der Waals surface area contributed by atoms with Gasteiger partial charge < -0.3 is 15.1 Å². The van der Waals surface area contributed by atoms with E-state index in [-0.39, 0.29) is 12.1 Å². The van der Waals surface area contributed by atoms with Crippen LogP contribution in [0, 0.1) is 5.92 Å². The number of likely N-dealkylation sites (N-methyl/N-ethyl adjacent to an activating group) is 1. The first-order valence-corrected chi connectivity index (χ1v) is 6.59. The van der Waals surface area contributed by atoms with Crippen molar-refractivity contribution >= 4 is 35.1 Å². The Balaban J connectivity index is 2.82. The first kappa shape index (κ1) is 16.8. The van der Waals surface area contributed by atoms with Gasteiger partial charge in [0.2, 0.25) is 0 Å². The predicted octanol–water partition coefficient (Wildman–Crippen LogP) is 2.21. The van der Waals surface area contributed by atoms with E-state index in [1.165, 1.54) is 32.2 Å². The van der Waals surface area contributed by atoms with Gasteiger partial charge in [-0.3, -0.25) is 9.59 Å². The van der Waals surface area contributed by atoms with Crippen LogP contribution in [0.4, 0.5) is 0 Å². The Kier molecular flexibility index (Phi) is 5.80. The number of carbonyl (C=O) groups excluding carboxylic acids is 1. The normalized spacial score (nSPS) is 13.7. The van der Waals surface area contributed by atoms with Gasteiger partial charge in [-0.25, -0.2) is 0 Å². The summed E-state index contributed by atoms with van der Waals surface area (Å²) in [4.78, 5) is 23.9. The van der Waals surface area contributed by atoms with Gasteiger partial charge in [-0.05, 0) is 23.8 Å². The lowest BCUT2D eigenvalue weighted by Gasteiger charge is -2.22. The summed E-state index contributed by atoms with van der Waals surface area (Å²) in [6.07, 6.45) is -1.43. The molecule has 0 aromatic heterocycles. The number of carbonyl (C=O) groups is 2. The predicted molar refractivity (Wildman–Crippen MR) is 75.9 cm³/mol. The van der Waals surface area contributed by atoms with Crippen LogP contribution in [0.3, 0.4) is 0 Å². The van der Waals surface area contributed by atoms with E-state index in [2.05, 4.69) is 0 Å². The molecule has 0 aliphatic heterocycles. The summed E-state index contributed by atoms with van der Waals surface area (Å²) in [5, 5.41) is 19.4. The molecule has 2 unspecified atom stereocenters. The van der Waals surface area contributed by atoms with Crippen molar-refractivity contribution in [3.8, 4) is 0 Å². The molecular formula is C13H15Cl2NO4. The van der Waals surface area contributed by atoms with Gasteiger partial charge in [0, 0.05) is 23.6 Å². The molecule has 2 atom stereocenters. The van der Waals surface area contributed by atoms with Crippen molar-refractivity contribution in [2.24, 2.45) is 5.92 Å². The summed E-state index contributed by atoms with van der Waals surface area (Å²) in [5.41, 5.74) is 0.266. The molecule has 110 valence electrons. The maximum atomic E-state index is 12.0. The molecule has 1 aromatic rings. The van der Waals surface area contributed by atoms with Crippen LogP contribution < -0.4 is 0 Å². The molecule has 0 saturated heterocycles. The van der Waals surface area contributed by atoms with Crippen LogP contribution in [0.1, 0.15) is 18.6 Å². The molecule has 0 bridgehead atoms. The van der Waals surface area contributed by atoms with Crippen LogP contribution in [-0.2, 0) is 9.59 Å². The van der Waals surface area contributed by atoms with Crippen molar-refractivity contribution in [1.29, 1.82) is 0 Å². The standard InChI is InChI=1S/C13H15Cl2NO4/c1-7(13(19)20)6-16(2)12(18)11(17)8-3-9(14)5-10(15)4-8/h3-5,7,11,17H,6H2,1-2H3,(H,19,20). The highest BCUT2D eigenvalue weighted by Gasteiger charge is 2.24. The summed E-state index contributed by atoms with van der Waals surface area (Å²) in [6.45, 7) is 1.48. The van der Waals surface area contributed by atoms with Gasteiger partial charge in [-0.1, -0.05) is 30.1 Å². The third kappa shape index (κ3) is 4.37. The maximum Gasteiger partial charge on any atom is 0.308 e. The van der Waals surface area contributed by atoms with Gasteiger partial charge in [0.15, 0.2) is 6.10 Å². The van der Waals surface area contributed by atoms with E-state index < -0.39 is 23.9 Å². The van der Waals surface area contributed by atoms with Gasteiger partial charge in [0.1, 0.15) is 0 Å². The number of halogens is 2. The van der Waals surface area contributed by atoms with Gasteiger partial charge in [0.05, 0.1) is 5.92 Å². The largest absolute Gasteiger partial charge is 0.481 e. The Morgan fingerprint density at radius 1 is 1.25 bits per heavy atom. The molecule has 1 amide bonds. The lowest BCUT2D eigenvalue weighted by atomic mass is 10.1. The van der Waals surface area contributed by atoms with E-state index in [1.807, 2.05) is 0 Å². The zero-order valence-corrected chi connectivity index (χ0v) is 12.5. The summed E-state index contributed by atoms with van der Waals surface area (Å²) < 4.78 is 0. The molecule has 1 rings (SSSR count). The van der Waals surface area contributed by atoms with E-state index >= 15 is 0 Å². The van der Waals surface area contributed by atoms with Gasteiger partial charge >= 0.3 is 5.97 Å². The van der Waals surface area contributed by atoms with Crippen LogP contribution >= 0.6 is 23.2 Å². The molecular weight excluding hydrogens is 305 g/mol. The van der Waals surface area contributed by atoms with Gasteiger partial charge in [-0.15, -0.1) is 0 Å². The number of carboxylic acids is 1. The number of hydrogen-bond acceptors (Lipinski definition) is 3. The summed E-state index contributed by atoms with van der Waals surface area (Å²) in [7, 11) is 1.43. The summed E-state index contributed by atoms with van der Waals surface area (Å²) in [5.74, 6) is -2.35. The zero-order valence-electron chi connectivity index (χ0n) is 11.0. The topological polar surface area (TPSA) is 77.8 Å². The second-order valence-electron chi connectivity index (χ2n) is 4.56. The molecule has 0 fully saturated rings. The number of nitrogens with zero attached hydrogens (tertiary/aromatic N) is 1. The SMILES string of the molecule is CC(CN(C)C(=O)C(O)c1cc(Cl)cc(Cl)c1)C(=O)O. The van der Waals surface area contributed by atoms with Gasteiger partial charge in [0.25, 0.3) is 5.91 Å². The average molecular weight is 320 g/mol. The molecule has 0 aliphatic carbocycles. The summed E-state index contributed by atoms with van der Waals surface area (Å²) >= 11 is 11.6. The molecule has 0 spiro atoms. The van der Waals surface area contributed by atoms with Crippen LogP contribution in [0.5, 0.6) is 0 Å². The maximum absolute atomic E-state index is 12.0. The molecule has 2 N–H and O–H groups in total. The van der Waals surface area contributed by atoms with Crippen LogP contribution in [-0.4, -0.2) is 40.6 Å². The second kappa shape index (κ2) is 6.92. The molecule has 0 aliphatic rings. The fraction of sp³-hybridized carbons (Fsp3) is 0.385. The highest BCUT2D eigenvalue weighted by molar-refractivity contribution is 6.34. The number of aliphatic carboxylic acids is 1. The minimum atomic E-state index is -1.43. The van der Waals surface area contributed by atoms with Crippen LogP contribution in [0.25, 0.3) is 0 Å². The third-order valence-electron chi connectivity index (χ3n) is 2.78. The van der Waals surface area contributed by atoms with E-state index in [0.717, 1.165) is 4.90 Å². The molecule has 7 heteroatoms. The number of hydrogen-bond donors (Lipinski definition) is 2. The number of carboxylic acid groups (broad SMARTS) is 1. The van der Waals surface area contributed by atoms with E-state index in [4.69, 9.17) is 28.3 Å². The first-order valence-electron chi connectivity index (χ1n) is 5.84. The van der Waals surface area contributed by atoms with Crippen molar-refractivity contribution < 1.29 is 19.8 Å². The van der Waals surface area contributed by atoms with Crippen molar-refractivity contribution in [2.45, 2.75) is 13.0 Å². The van der Waals surface area contributed by atoms with Gasteiger partial charge in [-0.2, -0.15) is 0 Å². The lowest BCUT2D eigenvalue weighted by molar-refractivity contribution is -0.145. The Labute approximate surface area is 126 Å². The average Bonchev–Trinajstić information content (AvgIpc) is 2.35. The summed E-state index contributed by atoms with van der Waals surface area (Å²) in [6, 6.07) is 4.36. The number of aliphatic hydroxyl groups excluding tert-OH is 1. The minimum Gasteiger partial charge on any atom is -0.481 e. The third-order valence-corrected chi connectivity index (χ3v) is 3.22. The Morgan fingerprint density at radius 3 is 2.20 bits per heavy atom. The quantitative estimate of drug-likeness (QED) is 0.872. The van der Waals surface area contributed by atoms with Crippen molar-refractivity contribution in [3.05, 3.63) is 33.8 Å². The number of aliphatic hydroxyl groups is 1.